The number of fused-ring (bicyclic) bond motifs is 10. The summed E-state index contributed by atoms with van der Waals surface area (Å²) in [5.74, 6) is 0.640. The summed E-state index contributed by atoms with van der Waals surface area (Å²) in [6, 6.07) is 58.8. The van der Waals surface area contributed by atoms with Crippen LogP contribution in [0.25, 0.3) is 136 Å². The predicted molar refractivity (Wildman–Crippen MR) is 245 cm³/mol. The Labute approximate surface area is 337 Å². The maximum atomic E-state index is 6.69. The van der Waals surface area contributed by atoms with E-state index in [4.69, 9.17) is 14.4 Å². The van der Waals surface area contributed by atoms with Gasteiger partial charge >= 0.3 is 0 Å². The van der Waals surface area contributed by atoms with E-state index in [-0.39, 0.29) is 0 Å². The zero-order valence-electron chi connectivity index (χ0n) is 31.1. The van der Waals surface area contributed by atoms with Crippen molar-refractivity contribution in [3.8, 4) is 22.9 Å². The first-order chi connectivity index (χ1) is 29.3. The van der Waals surface area contributed by atoms with E-state index in [0.717, 1.165) is 65.5 Å². The molecule has 0 atom stereocenters. The quantitative estimate of drug-likeness (QED) is 0.180. The van der Waals surface area contributed by atoms with E-state index in [1.807, 2.05) is 12.1 Å². The molecule has 0 aliphatic heterocycles. The maximum absolute atomic E-state index is 6.69. The van der Waals surface area contributed by atoms with Gasteiger partial charge in [0.25, 0.3) is 0 Å². The van der Waals surface area contributed by atoms with Gasteiger partial charge in [0.2, 0.25) is 5.95 Å². The van der Waals surface area contributed by atoms with Gasteiger partial charge in [-0.3, -0.25) is 4.57 Å². The van der Waals surface area contributed by atoms with Crippen molar-refractivity contribution in [2.45, 2.75) is 0 Å². The van der Waals surface area contributed by atoms with Crippen LogP contribution in [0.15, 0.2) is 168 Å². The second-order valence-corrected chi connectivity index (χ2v) is 16.7. The Balaban J connectivity index is 1.16. The molecule has 0 unspecified atom stereocenters. The number of para-hydroxylation sites is 4. The minimum atomic E-state index is 0.640. The van der Waals surface area contributed by atoms with Crippen molar-refractivity contribution in [1.29, 1.82) is 0 Å². The molecule has 0 N–H and O–H groups in total. The average molecular weight is 770 g/mol. The molecule has 15 rings (SSSR count). The Kier molecular flexibility index (Phi) is 5.46. The van der Waals surface area contributed by atoms with Crippen LogP contribution in [0.5, 0.6) is 0 Å². The van der Waals surface area contributed by atoms with Crippen molar-refractivity contribution in [2.75, 3.05) is 0 Å². The minimum Gasteiger partial charge on any atom is -0.455 e. The van der Waals surface area contributed by atoms with Crippen LogP contribution in [-0.2, 0) is 0 Å². The van der Waals surface area contributed by atoms with Gasteiger partial charge in [-0.15, -0.1) is 11.3 Å². The Morgan fingerprint density at radius 1 is 0.424 bits per heavy atom. The summed E-state index contributed by atoms with van der Waals surface area (Å²) in [7, 11) is 0. The molecule has 0 saturated carbocycles. The molecule has 0 fully saturated rings. The third-order valence-corrected chi connectivity index (χ3v) is 13.9. The molecule has 0 aliphatic rings. The molecule has 59 heavy (non-hydrogen) atoms. The molecular weight excluding hydrogens is 743 g/mol. The molecule has 0 radical (unpaired) electrons. The van der Waals surface area contributed by atoms with Crippen LogP contribution in [0.4, 0.5) is 0 Å². The van der Waals surface area contributed by atoms with Crippen LogP contribution < -0.4 is 0 Å². The highest BCUT2D eigenvalue weighted by molar-refractivity contribution is 7.25. The number of nitrogens with zero attached hydrogens (tertiary/aromatic N) is 5. The van der Waals surface area contributed by atoms with E-state index in [0.29, 0.717) is 5.95 Å². The lowest BCUT2D eigenvalue weighted by atomic mass is 10.0. The molecule has 6 nitrogen and oxygen atoms in total. The van der Waals surface area contributed by atoms with Crippen LogP contribution in [0, 0.1) is 0 Å². The number of rotatable bonds is 3. The van der Waals surface area contributed by atoms with Crippen molar-refractivity contribution in [3.05, 3.63) is 164 Å². The first-order valence-corrected chi connectivity index (χ1v) is 20.7. The molecule has 0 aliphatic carbocycles. The van der Waals surface area contributed by atoms with Gasteiger partial charge in [0.1, 0.15) is 16.0 Å². The summed E-state index contributed by atoms with van der Waals surface area (Å²) in [5.41, 5.74) is 12.8. The van der Waals surface area contributed by atoms with Crippen LogP contribution >= 0.6 is 11.3 Å². The first kappa shape index (κ1) is 30.4. The monoisotopic (exact) mass is 769 g/mol. The Hall–Kier alpha value is -7.74. The van der Waals surface area contributed by atoms with Crippen molar-refractivity contribution < 1.29 is 4.42 Å². The summed E-state index contributed by atoms with van der Waals surface area (Å²) >= 11 is 1.72. The number of furan rings is 1. The van der Waals surface area contributed by atoms with Gasteiger partial charge in [-0.1, -0.05) is 97.1 Å². The van der Waals surface area contributed by atoms with Gasteiger partial charge in [0, 0.05) is 69.8 Å². The van der Waals surface area contributed by atoms with Crippen LogP contribution in [0.1, 0.15) is 0 Å². The van der Waals surface area contributed by atoms with E-state index < -0.39 is 0 Å². The van der Waals surface area contributed by atoms with Crippen molar-refractivity contribution >= 4 is 125 Å². The van der Waals surface area contributed by atoms with E-state index in [1.54, 1.807) is 11.3 Å². The highest BCUT2D eigenvalue weighted by Gasteiger charge is 2.29. The lowest BCUT2D eigenvalue weighted by Crippen LogP contribution is -2.03. The summed E-state index contributed by atoms with van der Waals surface area (Å²) < 4.78 is 15.1. The predicted octanol–water partition coefficient (Wildman–Crippen LogP) is 14.0. The van der Waals surface area contributed by atoms with Gasteiger partial charge in [-0.25, -0.2) is 9.97 Å². The highest BCUT2D eigenvalue weighted by atomic mass is 32.1. The second-order valence-electron chi connectivity index (χ2n) is 15.7. The molecular formula is C52H27N5OS. The van der Waals surface area contributed by atoms with Crippen LogP contribution in [0.3, 0.4) is 0 Å². The molecule has 15 aromatic rings. The smallest absolute Gasteiger partial charge is 0.236 e. The topological polar surface area (TPSA) is 53.2 Å². The van der Waals surface area contributed by atoms with Crippen molar-refractivity contribution in [1.82, 2.24) is 23.5 Å². The van der Waals surface area contributed by atoms with Crippen molar-refractivity contribution in [2.24, 2.45) is 0 Å². The SMILES string of the molecule is c1ccc(-n2c3ccc4c5c3c3c2cccc3n2c3ccccc3c3ccc(c5c32)n4-c2nc(-c3cccc4c3oc3ccccc34)c3c(n2)sc2ccccc23)cc1. The van der Waals surface area contributed by atoms with Gasteiger partial charge in [-0.05, 0) is 66.7 Å². The summed E-state index contributed by atoms with van der Waals surface area (Å²) in [4.78, 5) is 12.1. The van der Waals surface area contributed by atoms with Gasteiger partial charge < -0.3 is 13.4 Å². The highest BCUT2D eigenvalue weighted by Crippen LogP contribution is 2.50. The molecule has 7 aromatic heterocycles. The van der Waals surface area contributed by atoms with Gasteiger partial charge in [-0.2, -0.15) is 0 Å². The van der Waals surface area contributed by atoms with E-state index in [2.05, 4.69) is 165 Å². The number of benzene rings is 8. The molecule has 0 spiro atoms. The molecule has 0 saturated heterocycles. The normalized spacial score (nSPS) is 12.7. The Bertz CT molecular complexity index is 4260. The van der Waals surface area contributed by atoms with E-state index in [1.165, 1.54) is 64.6 Å². The fourth-order valence-electron chi connectivity index (χ4n) is 10.5. The molecule has 7 heteroatoms. The number of hydrogen-bond donors (Lipinski definition) is 0. The third kappa shape index (κ3) is 3.64. The van der Waals surface area contributed by atoms with Gasteiger partial charge in [0.15, 0.2) is 0 Å². The maximum Gasteiger partial charge on any atom is 0.236 e. The largest absolute Gasteiger partial charge is 0.455 e. The third-order valence-electron chi connectivity index (χ3n) is 12.8. The van der Waals surface area contributed by atoms with Crippen LogP contribution in [-0.4, -0.2) is 23.5 Å². The first-order valence-electron chi connectivity index (χ1n) is 19.9. The van der Waals surface area contributed by atoms with E-state index in [9.17, 15) is 0 Å². The zero-order valence-corrected chi connectivity index (χ0v) is 32.0. The molecule has 8 aromatic carbocycles. The number of hydrogen-bond acceptors (Lipinski definition) is 4. The fourth-order valence-corrected chi connectivity index (χ4v) is 11.6. The summed E-state index contributed by atoms with van der Waals surface area (Å²) in [6.45, 7) is 0. The molecule has 272 valence electrons. The fraction of sp³-hybridized carbons (Fsp3) is 0. The Morgan fingerprint density at radius 2 is 1.08 bits per heavy atom. The van der Waals surface area contributed by atoms with Gasteiger partial charge in [0.05, 0.1) is 44.3 Å². The molecule has 0 bridgehead atoms. The average Bonchev–Trinajstić information content (AvgIpc) is 4.08. The van der Waals surface area contributed by atoms with Crippen molar-refractivity contribution in [3.63, 3.8) is 0 Å². The van der Waals surface area contributed by atoms with Crippen LogP contribution in [0.2, 0.25) is 0 Å². The summed E-state index contributed by atoms with van der Waals surface area (Å²) in [5, 5.41) is 11.8. The minimum absolute atomic E-state index is 0.640. The van der Waals surface area contributed by atoms with E-state index >= 15 is 0 Å². The number of thiophene rings is 1. The summed E-state index contributed by atoms with van der Waals surface area (Å²) in [6.07, 6.45) is 0. The second kappa shape index (κ2) is 10.6. The zero-order chi connectivity index (χ0) is 38.1. The number of aromatic nitrogens is 5. The standard InChI is InChI=1S/C52H27N5OS/c1-2-12-28(13-3-1)55-36-20-11-21-37-44(36)45-38(55)26-27-39-46(45)47-40(25-24-31-29-14-4-7-19-35(29)56(37)49(31)47)57(39)52-53-48(43-33-16-6-9-23-42(33)59-51(43)54-52)34-18-10-17-32-30-15-5-8-22-41(30)58-50(32)34/h1-27H. The lowest BCUT2D eigenvalue weighted by molar-refractivity contribution is 0.670. The molecule has 7 heterocycles. The Morgan fingerprint density at radius 3 is 2.00 bits per heavy atom. The lowest BCUT2D eigenvalue weighted by Gasteiger charge is -2.11. The molecule has 0 amide bonds.